The largest absolute Gasteiger partial charge is 0.0619 e. The Morgan fingerprint density at radius 1 is 0.783 bits per heavy atom. The minimum atomic E-state index is 0.558. The first-order valence-corrected chi connectivity index (χ1v) is 9.79. The van der Waals surface area contributed by atoms with Crippen LogP contribution >= 0.6 is 22.6 Å². The molecule has 0 nitrogen and oxygen atoms in total. The molecule has 0 aliphatic rings. The van der Waals surface area contributed by atoms with Crippen molar-refractivity contribution in [1.29, 1.82) is 0 Å². The Labute approximate surface area is 155 Å². The van der Waals surface area contributed by atoms with E-state index >= 15 is 0 Å². The Morgan fingerprint density at radius 2 is 1.30 bits per heavy atom. The lowest BCUT2D eigenvalue weighted by Crippen LogP contribution is -2.07. The first-order valence-electron chi connectivity index (χ1n) is 8.71. The molecule has 0 spiro atoms. The topological polar surface area (TPSA) is 0 Å². The highest BCUT2D eigenvalue weighted by atomic mass is 127. The molecule has 0 bridgehead atoms. The van der Waals surface area contributed by atoms with Gasteiger partial charge in [-0.1, -0.05) is 71.9 Å². The summed E-state index contributed by atoms with van der Waals surface area (Å²) in [4.78, 5) is 0. The zero-order chi connectivity index (χ0) is 17.1. The lowest BCUT2D eigenvalue weighted by molar-refractivity contribution is 0.782. The maximum absolute atomic E-state index is 2.46. The van der Waals surface area contributed by atoms with E-state index in [0.29, 0.717) is 17.8 Å². The number of rotatable bonds is 5. The van der Waals surface area contributed by atoms with E-state index in [1.54, 1.807) is 5.56 Å². The van der Waals surface area contributed by atoms with Crippen molar-refractivity contribution in [3.8, 4) is 0 Å². The van der Waals surface area contributed by atoms with Gasteiger partial charge in [0.25, 0.3) is 0 Å². The van der Waals surface area contributed by atoms with Gasteiger partial charge >= 0.3 is 0 Å². The minimum absolute atomic E-state index is 0.558. The van der Waals surface area contributed by atoms with E-state index < -0.39 is 0 Å². The normalized spacial score (nSPS) is 11.7. The predicted molar refractivity (Wildman–Crippen MR) is 111 cm³/mol. The molecular weight excluding hydrogens is 391 g/mol. The van der Waals surface area contributed by atoms with Gasteiger partial charge in [0.05, 0.1) is 0 Å². The van der Waals surface area contributed by atoms with Crippen LogP contribution in [-0.4, -0.2) is 0 Å². The van der Waals surface area contributed by atoms with Crippen LogP contribution in [-0.2, 0) is 6.42 Å². The molecule has 0 N–H and O–H groups in total. The van der Waals surface area contributed by atoms with Gasteiger partial charge in [0, 0.05) is 3.57 Å². The van der Waals surface area contributed by atoms with Crippen molar-refractivity contribution >= 4 is 22.6 Å². The molecule has 2 rings (SSSR count). The molecule has 0 fully saturated rings. The van der Waals surface area contributed by atoms with Crippen LogP contribution in [0.1, 0.15) is 87.1 Å². The first kappa shape index (κ1) is 18.5. The third-order valence-electron chi connectivity index (χ3n) is 4.58. The number of hydrogen-bond donors (Lipinski definition) is 0. The highest BCUT2D eigenvalue weighted by Gasteiger charge is 2.17. The average Bonchev–Trinajstić information content (AvgIpc) is 2.48. The molecule has 0 radical (unpaired) electrons. The van der Waals surface area contributed by atoms with Crippen LogP contribution in [0.25, 0.3) is 0 Å². The van der Waals surface area contributed by atoms with Crippen molar-refractivity contribution in [2.45, 2.75) is 65.7 Å². The van der Waals surface area contributed by atoms with E-state index in [0.717, 1.165) is 6.42 Å². The fourth-order valence-corrected chi connectivity index (χ4v) is 3.72. The average molecular weight is 420 g/mol. The fourth-order valence-electron chi connectivity index (χ4n) is 3.14. The second kappa shape index (κ2) is 7.83. The van der Waals surface area contributed by atoms with Crippen LogP contribution in [0.2, 0.25) is 0 Å². The molecule has 0 aliphatic carbocycles. The van der Waals surface area contributed by atoms with Gasteiger partial charge in [0.15, 0.2) is 0 Å². The maximum Gasteiger partial charge on any atom is 0.0165 e. The van der Waals surface area contributed by atoms with Gasteiger partial charge in [0.2, 0.25) is 0 Å². The molecule has 23 heavy (non-hydrogen) atoms. The summed E-state index contributed by atoms with van der Waals surface area (Å²) in [6.45, 7) is 13.9. The van der Waals surface area contributed by atoms with E-state index in [1.165, 1.54) is 25.8 Å². The molecule has 0 amide bonds. The maximum atomic E-state index is 2.46. The van der Waals surface area contributed by atoms with Gasteiger partial charge in [0.1, 0.15) is 0 Å². The summed E-state index contributed by atoms with van der Waals surface area (Å²) in [6.07, 6.45) is 1.04. The summed E-state index contributed by atoms with van der Waals surface area (Å²) < 4.78 is 1.36. The quantitative estimate of drug-likeness (QED) is 0.447. The highest BCUT2D eigenvalue weighted by Crippen LogP contribution is 2.34. The Balaban J connectivity index is 2.62. The van der Waals surface area contributed by atoms with Crippen molar-refractivity contribution in [2.24, 2.45) is 0 Å². The van der Waals surface area contributed by atoms with Crippen molar-refractivity contribution in [3.05, 3.63) is 67.8 Å². The summed E-state index contributed by atoms with van der Waals surface area (Å²) >= 11 is 2.46. The monoisotopic (exact) mass is 420 g/mol. The smallest absolute Gasteiger partial charge is 0.0165 e. The summed E-state index contributed by atoms with van der Waals surface area (Å²) in [5.74, 6) is 1.70. The molecule has 0 atom stereocenters. The van der Waals surface area contributed by atoms with Gasteiger partial charge in [-0.3, -0.25) is 0 Å². The van der Waals surface area contributed by atoms with Crippen LogP contribution in [0.5, 0.6) is 0 Å². The molecular formula is C22H29I. The molecule has 0 aliphatic heterocycles. The molecule has 1 heteroatoms. The van der Waals surface area contributed by atoms with Gasteiger partial charge in [-0.25, -0.2) is 0 Å². The van der Waals surface area contributed by atoms with E-state index in [9.17, 15) is 0 Å². The lowest BCUT2D eigenvalue weighted by atomic mass is 9.82. The molecule has 124 valence electrons. The molecule has 0 saturated carbocycles. The molecule has 2 aromatic carbocycles. The third kappa shape index (κ3) is 4.37. The van der Waals surface area contributed by atoms with Crippen molar-refractivity contribution in [2.75, 3.05) is 0 Å². The minimum Gasteiger partial charge on any atom is -0.0619 e. The molecule has 2 aromatic rings. The van der Waals surface area contributed by atoms with Gasteiger partial charge in [-0.15, -0.1) is 0 Å². The molecule has 0 saturated heterocycles. The highest BCUT2D eigenvalue weighted by molar-refractivity contribution is 14.1. The first-order chi connectivity index (χ1) is 10.8. The number of benzene rings is 2. The van der Waals surface area contributed by atoms with Crippen molar-refractivity contribution < 1.29 is 0 Å². The summed E-state index contributed by atoms with van der Waals surface area (Å²) in [5, 5.41) is 0. The van der Waals surface area contributed by atoms with E-state index in [4.69, 9.17) is 0 Å². The fraction of sp³-hybridized carbons (Fsp3) is 0.455. The van der Waals surface area contributed by atoms with Crippen LogP contribution in [0, 0.1) is 3.57 Å². The van der Waals surface area contributed by atoms with Gasteiger partial charge < -0.3 is 0 Å². The van der Waals surface area contributed by atoms with Crippen molar-refractivity contribution in [1.82, 2.24) is 0 Å². The van der Waals surface area contributed by atoms with Gasteiger partial charge in [-0.05, 0) is 80.6 Å². The van der Waals surface area contributed by atoms with E-state index in [2.05, 4.69) is 101 Å². The summed E-state index contributed by atoms with van der Waals surface area (Å²) in [6, 6.07) is 13.7. The zero-order valence-corrected chi connectivity index (χ0v) is 17.4. The predicted octanol–water partition coefficient (Wildman–Crippen LogP) is 7.25. The van der Waals surface area contributed by atoms with E-state index in [1.807, 2.05) is 0 Å². The SMILES string of the molecule is CC(C)c1cc(C(C)C)c(Cc2ccccc2I)c(C(C)C)c1. The molecule has 0 unspecified atom stereocenters. The standard InChI is InChI=1S/C22H29I/c1-14(2)18-12-19(15(3)4)21(20(13-18)16(5)6)11-17-9-7-8-10-22(17)23/h7-10,12-16H,11H2,1-6H3. The third-order valence-corrected chi connectivity index (χ3v) is 5.63. The molecule has 0 heterocycles. The lowest BCUT2D eigenvalue weighted by Gasteiger charge is -2.23. The van der Waals surface area contributed by atoms with Crippen LogP contribution in [0.3, 0.4) is 0 Å². The van der Waals surface area contributed by atoms with E-state index in [-0.39, 0.29) is 0 Å². The second-order valence-electron chi connectivity index (χ2n) is 7.41. The van der Waals surface area contributed by atoms with Gasteiger partial charge in [-0.2, -0.15) is 0 Å². The summed E-state index contributed by atoms with van der Waals surface area (Å²) in [7, 11) is 0. The van der Waals surface area contributed by atoms with Crippen LogP contribution in [0.4, 0.5) is 0 Å². The number of hydrogen-bond acceptors (Lipinski definition) is 0. The van der Waals surface area contributed by atoms with Crippen LogP contribution < -0.4 is 0 Å². The number of halogens is 1. The Morgan fingerprint density at radius 3 is 1.74 bits per heavy atom. The Bertz CT molecular complexity index is 636. The molecule has 0 aromatic heterocycles. The second-order valence-corrected chi connectivity index (χ2v) is 8.57. The summed E-state index contributed by atoms with van der Waals surface area (Å²) in [5.41, 5.74) is 7.51. The zero-order valence-electron chi connectivity index (χ0n) is 15.3. The Hall–Kier alpha value is -0.830. The van der Waals surface area contributed by atoms with Crippen molar-refractivity contribution in [3.63, 3.8) is 0 Å². The van der Waals surface area contributed by atoms with Crippen LogP contribution in [0.15, 0.2) is 36.4 Å². The Kier molecular flexibility index (Phi) is 6.30.